The second-order valence-corrected chi connectivity index (χ2v) is 2.98. The first kappa shape index (κ1) is 9.34. The van der Waals surface area contributed by atoms with Crippen LogP contribution in [0.15, 0.2) is 18.2 Å². The molecule has 74 valence electrons. The Bertz CT molecular complexity index is 587. The number of benzene rings is 1. The van der Waals surface area contributed by atoms with Crippen LogP contribution in [0.4, 0.5) is 14.5 Å². The third-order valence-corrected chi connectivity index (χ3v) is 2.01. The summed E-state index contributed by atoms with van der Waals surface area (Å²) in [6, 6.07) is 5.63. The van der Waals surface area contributed by atoms with Gasteiger partial charge in [0.05, 0.1) is 5.52 Å². The summed E-state index contributed by atoms with van der Waals surface area (Å²) in [6.45, 7) is 0. The van der Waals surface area contributed by atoms with Crippen LogP contribution in [-0.4, -0.2) is 4.98 Å². The summed E-state index contributed by atoms with van der Waals surface area (Å²) < 4.78 is 26.6. The van der Waals surface area contributed by atoms with Crippen molar-refractivity contribution in [3.05, 3.63) is 35.5 Å². The van der Waals surface area contributed by atoms with Crippen molar-refractivity contribution < 1.29 is 8.78 Å². The number of aromatic nitrogens is 1. The molecule has 0 saturated carbocycles. The van der Waals surface area contributed by atoms with E-state index in [-0.39, 0.29) is 10.9 Å². The smallest absolute Gasteiger partial charge is 0.234 e. The predicted octanol–water partition coefficient (Wildman–Crippen LogP) is 1.97. The van der Waals surface area contributed by atoms with Crippen LogP contribution in [0.25, 0.3) is 10.9 Å². The Kier molecular flexibility index (Phi) is 1.97. The van der Waals surface area contributed by atoms with Crippen LogP contribution < -0.4 is 5.73 Å². The van der Waals surface area contributed by atoms with Crippen LogP contribution in [0.3, 0.4) is 0 Å². The topological polar surface area (TPSA) is 62.7 Å². The normalized spacial score (nSPS) is 10.2. The van der Waals surface area contributed by atoms with E-state index >= 15 is 0 Å². The van der Waals surface area contributed by atoms with E-state index in [1.807, 2.05) is 0 Å². The highest BCUT2D eigenvalue weighted by Crippen LogP contribution is 2.22. The number of nitriles is 1. The lowest BCUT2D eigenvalue weighted by Gasteiger charge is -2.02. The molecule has 0 radical (unpaired) electrons. The molecular formula is C10H5F2N3. The molecule has 0 saturated heterocycles. The minimum Gasteiger partial charge on any atom is -0.399 e. The van der Waals surface area contributed by atoms with Crippen LogP contribution >= 0.6 is 0 Å². The Labute approximate surface area is 83.8 Å². The summed E-state index contributed by atoms with van der Waals surface area (Å²) in [5.41, 5.74) is 5.23. The summed E-state index contributed by atoms with van der Waals surface area (Å²) in [5, 5.41) is 8.58. The van der Waals surface area contributed by atoms with Crippen LogP contribution in [-0.2, 0) is 0 Å². The molecule has 1 aromatic carbocycles. The molecule has 2 N–H and O–H groups in total. The van der Waals surface area contributed by atoms with Gasteiger partial charge in [-0.05, 0) is 18.2 Å². The number of hydrogen-bond acceptors (Lipinski definition) is 3. The Morgan fingerprint density at radius 2 is 2.07 bits per heavy atom. The first-order chi connectivity index (χ1) is 7.13. The van der Waals surface area contributed by atoms with Gasteiger partial charge in [-0.3, -0.25) is 0 Å². The molecule has 0 bridgehead atoms. The van der Waals surface area contributed by atoms with E-state index in [0.717, 1.165) is 0 Å². The van der Waals surface area contributed by atoms with Crippen molar-refractivity contribution in [1.82, 2.24) is 4.98 Å². The summed E-state index contributed by atoms with van der Waals surface area (Å²) in [7, 11) is 0. The molecule has 0 spiro atoms. The molecule has 5 heteroatoms. The standard InChI is InChI=1S/C10H5F2N3/c11-9-6-3-5(14)1-2-8(6)15-10(12)7(9)4-13/h1-3H,14H2. The van der Waals surface area contributed by atoms with Gasteiger partial charge in [-0.25, -0.2) is 9.37 Å². The molecule has 0 amide bonds. The zero-order chi connectivity index (χ0) is 11.0. The van der Waals surface area contributed by atoms with E-state index < -0.39 is 17.3 Å². The average molecular weight is 205 g/mol. The van der Waals surface area contributed by atoms with E-state index in [4.69, 9.17) is 11.0 Å². The molecule has 15 heavy (non-hydrogen) atoms. The molecule has 0 atom stereocenters. The maximum Gasteiger partial charge on any atom is 0.234 e. The highest BCUT2D eigenvalue weighted by atomic mass is 19.1. The molecule has 0 aliphatic carbocycles. The number of nitrogens with zero attached hydrogens (tertiary/aromatic N) is 2. The van der Waals surface area contributed by atoms with Crippen LogP contribution in [0.5, 0.6) is 0 Å². The SMILES string of the molecule is N#Cc1c(F)nc2ccc(N)cc2c1F. The molecule has 0 unspecified atom stereocenters. The zero-order valence-corrected chi connectivity index (χ0v) is 7.46. The lowest BCUT2D eigenvalue weighted by molar-refractivity contribution is 0.556. The van der Waals surface area contributed by atoms with Crippen molar-refractivity contribution in [1.29, 1.82) is 5.26 Å². The summed E-state index contributed by atoms with van der Waals surface area (Å²) in [5.74, 6) is -2.03. The van der Waals surface area contributed by atoms with Gasteiger partial charge in [0, 0.05) is 11.1 Å². The Morgan fingerprint density at radius 1 is 1.33 bits per heavy atom. The van der Waals surface area contributed by atoms with Crippen molar-refractivity contribution >= 4 is 16.6 Å². The quantitative estimate of drug-likeness (QED) is 0.528. The highest BCUT2D eigenvalue weighted by Gasteiger charge is 2.14. The molecule has 0 fully saturated rings. The van der Waals surface area contributed by atoms with Gasteiger partial charge in [-0.15, -0.1) is 0 Å². The number of fused-ring (bicyclic) bond motifs is 1. The van der Waals surface area contributed by atoms with Crippen molar-refractivity contribution in [3.8, 4) is 6.07 Å². The molecule has 0 aliphatic heterocycles. The first-order valence-corrected chi connectivity index (χ1v) is 4.08. The number of pyridine rings is 1. The fourth-order valence-electron chi connectivity index (χ4n) is 1.31. The average Bonchev–Trinajstić information content (AvgIpc) is 2.20. The number of halogens is 2. The fraction of sp³-hybridized carbons (Fsp3) is 0. The van der Waals surface area contributed by atoms with Gasteiger partial charge in [-0.2, -0.15) is 9.65 Å². The fourth-order valence-corrected chi connectivity index (χ4v) is 1.31. The van der Waals surface area contributed by atoms with Gasteiger partial charge in [0.25, 0.3) is 0 Å². The molecule has 2 rings (SSSR count). The number of rotatable bonds is 0. The van der Waals surface area contributed by atoms with E-state index in [2.05, 4.69) is 4.98 Å². The molecule has 0 aliphatic rings. The second-order valence-electron chi connectivity index (χ2n) is 2.98. The van der Waals surface area contributed by atoms with Crippen molar-refractivity contribution in [2.24, 2.45) is 0 Å². The highest BCUT2D eigenvalue weighted by molar-refractivity contribution is 5.83. The van der Waals surface area contributed by atoms with Crippen LogP contribution in [0, 0.1) is 23.1 Å². The number of nitrogens with two attached hydrogens (primary N) is 1. The Balaban J connectivity index is 2.94. The zero-order valence-electron chi connectivity index (χ0n) is 7.46. The molecule has 2 aromatic rings. The van der Waals surface area contributed by atoms with Crippen LogP contribution in [0.2, 0.25) is 0 Å². The van der Waals surface area contributed by atoms with Gasteiger partial charge in [0.2, 0.25) is 5.95 Å². The van der Waals surface area contributed by atoms with Crippen molar-refractivity contribution in [2.45, 2.75) is 0 Å². The maximum atomic E-state index is 13.6. The Hall–Kier alpha value is -2.22. The van der Waals surface area contributed by atoms with E-state index in [1.54, 1.807) is 0 Å². The minimum absolute atomic E-state index is 0.0490. The van der Waals surface area contributed by atoms with Crippen molar-refractivity contribution in [2.75, 3.05) is 5.73 Å². The lowest BCUT2D eigenvalue weighted by Crippen LogP contribution is -1.97. The second kappa shape index (κ2) is 3.17. The van der Waals surface area contributed by atoms with E-state index in [9.17, 15) is 8.78 Å². The number of anilines is 1. The monoisotopic (exact) mass is 205 g/mol. The number of nitrogen functional groups attached to an aromatic ring is 1. The summed E-state index contributed by atoms with van der Waals surface area (Å²) >= 11 is 0. The molecular weight excluding hydrogens is 200 g/mol. The van der Waals surface area contributed by atoms with Gasteiger partial charge >= 0.3 is 0 Å². The number of hydrogen-bond donors (Lipinski definition) is 1. The maximum absolute atomic E-state index is 13.6. The third-order valence-electron chi connectivity index (χ3n) is 2.01. The van der Waals surface area contributed by atoms with Gasteiger partial charge < -0.3 is 5.73 Å². The molecule has 1 aromatic heterocycles. The van der Waals surface area contributed by atoms with E-state index in [0.29, 0.717) is 5.69 Å². The molecule has 1 heterocycles. The summed E-state index contributed by atoms with van der Waals surface area (Å²) in [6.07, 6.45) is 0. The van der Waals surface area contributed by atoms with Gasteiger partial charge in [0.15, 0.2) is 5.82 Å². The van der Waals surface area contributed by atoms with Gasteiger partial charge in [-0.1, -0.05) is 0 Å². The molecule has 3 nitrogen and oxygen atoms in total. The predicted molar refractivity (Wildman–Crippen MR) is 50.8 cm³/mol. The Morgan fingerprint density at radius 3 is 2.73 bits per heavy atom. The minimum atomic E-state index is -1.10. The van der Waals surface area contributed by atoms with Gasteiger partial charge in [0.1, 0.15) is 11.6 Å². The summed E-state index contributed by atoms with van der Waals surface area (Å²) in [4.78, 5) is 3.46. The first-order valence-electron chi connectivity index (χ1n) is 4.08. The van der Waals surface area contributed by atoms with Crippen LogP contribution in [0.1, 0.15) is 5.56 Å². The largest absolute Gasteiger partial charge is 0.399 e. The van der Waals surface area contributed by atoms with E-state index in [1.165, 1.54) is 24.3 Å². The van der Waals surface area contributed by atoms with Crippen molar-refractivity contribution in [3.63, 3.8) is 0 Å². The lowest BCUT2D eigenvalue weighted by atomic mass is 10.1. The third kappa shape index (κ3) is 1.36.